The third kappa shape index (κ3) is 3.90. The number of rotatable bonds is 5. The van der Waals surface area contributed by atoms with E-state index in [1.54, 1.807) is 20.9 Å². The van der Waals surface area contributed by atoms with Gasteiger partial charge in [-0.25, -0.2) is 0 Å². The molecule has 0 bridgehead atoms. The Bertz CT molecular complexity index is 666. The molecule has 2 aromatic rings. The second-order valence-electron chi connectivity index (χ2n) is 5.19. The van der Waals surface area contributed by atoms with E-state index in [1.165, 1.54) is 23.1 Å². The fraction of sp³-hybridized carbons (Fsp3) is 0.250. The summed E-state index contributed by atoms with van der Waals surface area (Å²) in [7, 11) is 1.55. The van der Waals surface area contributed by atoms with E-state index in [1.807, 2.05) is 41.8 Å². The number of benzene rings is 1. The van der Waals surface area contributed by atoms with Crippen LogP contribution in [0.3, 0.4) is 0 Å². The summed E-state index contributed by atoms with van der Waals surface area (Å²) in [4.78, 5) is 26.8. The molecule has 0 atom stereocenters. The Kier molecular flexibility index (Phi) is 5.26. The molecule has 0 saturated heterocycles. The van der Waals surface area contributed by atoms with Crippen molar-refractivity contribution >= 4 is 34.9 Å². The van der Waals surface area contributed by atoms with Gasteiger partial charge in [-0.2, -0.15) is 0 Å². The number of thiophene rings is 1. The van der Waals surface area contributed by atoms with E-state index in [9.17, 15) is 9.59 Å². The largest absolute Gasteiger partial charge is 0.357 e. The van der Waals surface area contributed by atoms with E-state index >= 15 is 0 Å². The van der Waals surface area contributed by atoms with Crippen molar-refractivity contribution in [2.45, 2.75) is 29.2 Å². The van der Waals surface area contributed by atoms with Gasteiger partial charge in [-0.15, -0.1) is 11.3 Å². The Hall–Kier alpha value is -1.79. The van der Waals surface area contributed by atoms with Crippen LogP contribution in [0.4, 0.5) is 0 Å². The summed E-state index contributed by atoms with van der Waals surface area (Å²) in [6.07, 6.45) is 0. The molecular formula is C16H18N2O2S2. The van der Waals surface area contributed by atoms with Crippen LogP contribution in [0.15, 0.2) is 51.6 Å². The minimum Gasteiger partial charge on any atom is -0.357 e. The smallest absolute Gasteiger partial charge is 0.263 e. The average molecular weight is 334 g/mol. The van der Waals surface area contributed by atoms with Crippen LogP contribution in [0, 0.1) is 0 Å². The molecule has 0 unspecified atom stereocenters. The molecular weight excluding hydrogens is 316 g/mol. The van der Waals surface area contributed by atoms with E-state index in [0.717, 1.165) is 9.79 Å². The quantitative estimate of drug-likeness (QED) is 0.883. The first-order chi connectivity index (χ1) is 10.4. The van der Waals surface area contributed by atoms with Crippen molar-refractivity contribution in [3.05, 3.63) is 46.7 Å². The van der Waals surface area contributed by atoms with Crippen molar-refractivity contribution in [2.75, 3.05) is 7.05 Å². The van der Waals surface area contributed by atoms with E-state index in [4.69, 9.17) is 0 Å². The molecule has 0 aliphatic rings. The summed E-state index contributed by atoms with van der Waals surface area (Å²) in [6.45, 7) is 3.36. The van der Waals surface area contributed by atoms with Crippen LogP contribution in [0.5, 0.6) is 0 Å². The van der Waals surface area contributed by atoms with Gasteiger partial charge in [0, 0.05) is 16.8 Å². The zero-order chi connectivity index (χ0) is 16.2. The highest BCUT2D eigenvalue weighted by Gasteiger charge is 2.30. The van der Waals surface area contributed by atoms with E-state index in [2.05, 4.69) is 10.6 Å². The molecule has 2 N–H and O–H groups in total. The average Bonchev–Trinajstić information content (AvgIpc) is 2.95. The van der Waals surface area contributed by atoms with Gasteiger partial charge >= 0.3 is 0 Å². The standard InChI is InChI=1S/C16H18N2O2S2/c1-16(2,15(20)17-3)18-14(19)13-12(9-10-21-13)22-11-7-5-4-6-8-11/h4-10H,1-3H3,(H,17,20)(H,18,19). The fourth-order valence-electron chi connectivity index (χ4n) is 1.87. The number of likely N-dealkylation sites (N-methyl/N-ethyl adjacent to an activating group) is 1. The molecule has 0 radical (unpaired) electrons. The van der Waals surface area contributed by atoms with Crippen LogP contribution >= 0.6 is 23.1 Å². The van der Waals surface area contributed by atoms with Gasteiger partial charge in [-0.05, 0) is 37.4 Å². The lowest BCUT2D eigenvalue weighted by Gasteiger charge is -2.24. The topological polar surface area (TPSA) is 58.2 Å². The second-order valence-corrected chi connectivity index (χ2v) is 7.22. The first-order valence-corrected chi connectivity index (χ1v) is 8.49. The Morgan fingerprint density at radius 2 is 1.82 bits per heavy atom. The Morgan fingerprint density at radius 1 is 1.14 bits per heavy atom. The molecule has 1 aromatic heterocycles. The number of amides is 2. The summed E-state index contributed by atoms with van der Waals surface area (Å²) in [6, 6.07) is 11.8. The monoisotopic (exact) mass is 334 g/mol. The number of nitrogens with one attached hydrogen (secondary N) is 2. The second kappa shape index (κ2) is 6.98. The van der Waals surface area contributed by atoms with Gasteiger partial charge in [0.25, 0.3) is 5.91 Å². The molecule has 2 amide bonds. The van der Waals surface area contributed by atoms with E-state index in [0.29, 0.717) is 4.88 Å². The zero-order valence-electron chi connectivity index (χ0n) is 12.7. The van der Waals surface area contributed by atoms with Crippen molar-refractivity contribution in [1.82, 2.24) is 10.6 Å². The lowest BCUT2D eigenvalue weighted by molar-refractivity contribution is -0.125. The van der Waals surface area contributed by atoms with Crippen molar-refractivity contribution < 1.29 is 9.59 Å². The summed E-state index contributed by atoms with van der Waals surface area (Å²) >= 11 is 2.91. The van der Waals surface area contributed by atoms with Gasteiger partial charge < -0.3 is 10.6 Å². The third-order valence-corrected chi connectivity index (χ3v) is 5.14. The molecule has 116 valence electrons. The van der Waals surface area contributed by atoms with E-state index < -0.39 is 5.54 Å². The SMILES string of the molecule is CNC(=O)C(C)(C)NC(=O)c1sccc1Sc1ccccc1. The normalized spacial score (nSPS) is 11.0. The molecule has 0 aliphatic heterocycles. The molecule has 0 saturated carbocycles. The third-order valence-electron chi connectivity index (χ3n) is 3.03. The summed E-state index contributed by atoms with van der Waals surface area (Å²) in [5.41, 5.74) is -0.954. The highest BCUT2D eigenvalue weighted by atomic mass is 32.2. The van der Waals surface area contributed by atoms with Gasteiger partial charge in [0.05, 0.1) is 0 Å². The van der Waals surface area contributed by atoms with Gasteiger partial charge in [-0.3, -0.25) is 9.59 Å². The lowest BCUT2D eigenvalue weighted by atomic mass is 10.0. The highest BCUT2D eigenvalue weighted by molar-refractivity contribution is 7.99. The molecule has 4 nitrogen and oxygen atoms in total. The van der Waals surface area contributed by atoms with Crippen LogP contribution in [0.25, 0.3) is 0 Å². The van der Waals surface area contributed by atoms with E-state index in [-0.39, 0.29) is 11.8 Å². The first-order valence-electron chi connectivity index (χ1n) is 6.79. The molecule has 1 heterocycles. The van der Waals surface area contributed by atoms with Crippen LogP contribution in [-0.4, -0.2) is 24.4 Å². The van der Waals surface area contributed by atoms with Crippen LogP contribution in [-0.2, 0) is 4.79 Å². The van der Waals surface area contributed by atoms with Gasteiger partial charge in [0.2, 0.25) is 5.91 Å². The zero-order valence-corrected chi connectivity index (χ0v) is 14.3. The number of carbonyl (C=O) groups excluding carboxylic acids is 2. The number of hydrogen-bond acceptors (Lipinski definition) is 4. The number of carbonyl (C=O) groups is 2. The Morgan fingerprint density at radius 3 is 2.45 bits per heavy atom. The molecule has 0 aliphatic carbocycles. The van der Waals surface area contributed by atoms with Gasteiger partial charge in [0.15, 0.2) is 0 Å². The van der Waals surface area contributed by atoms with Crippen molar-refractivity contribution in [1.29, 1.82) is 0 Å². The minimum absolute atomic E-state index is 0.227. The Labute approximate surface area is 138 Å². The molecule has 2 rings (SSSR count). The molecule has 22 heavy (non-hydrogen) atoms. The molecule has 6 heteroatoms. The predicted molar refractivity (Wildman–Crippen MR) is 90.5 cm³/mol. The van der Waals surface area contributed by atoms with Crippen LogP contribution in [0.1, 0.15) is 23.5 Å². The first kappa shape index (κ1) is 16.6. The number of hydrogen-bond donors (Lipinski definition) is 2. The summed E-state index contributed by atoms with van der Waals surface area (Å²) in [5.74, 6) is -0.461. The van der Waals surface area contributed by atoms with Crippen molar-refractivity contribution in [3.8, 4) is 0 Å². The van der Waals surface area contributed by atoms with Gasteiger partial charge in [-0.1, -0.05) is 30.0 Å². The van der Waals surface area contributed by atoms with Crippen LogP contribution in [0.2, 0.25) is 0 Å². The van der Waals surface area contributed by atoms with Crippen molar-refractivity contribution in [3.63, 3.8) is 0 Å². The maximum atomic E-state index is 12.5. The highest BCUT2D eigenvalue weighted by Crippen LogP contribution is 2.33. The van der Waals surface area contributed by atoms with Crippen molar-refractivity contribution in [2.24, 2.45) is 0 Å². The molecule has 0 fully saturated rings. The minimum atomic E-state index is -0.954. The summed E-state index contributed by atoms with van der Waals surface area (Å²) in [5, 5.41) is 7.22. The predicted octanol–water partition coefficient (Wildman–Crippen LogP) is 3.15. The summed E-state index contributed by atoms with van der Waals surface area (Å²) < 4.78 is 0. The maximum Gasteiger partial charge on any atom is 0.263 e. The maximum absolute atomic E-state index is 12.5. The van der Waals surface area contributed by atoms with Gasteiger partial charge in [0.1, 0.15) is 10.4 Å². The van der Waals surface area contributed by atoms with Crippen LogP contribution < -0.4 is 10.6 Å². The molecule has 1 aromatic carbocycles. The lowest BCUT2D eigenvalue weighted by Crippen LogP contribution is -2.53. The Balaban J connectivity index is 2.15. The fourth-order valence-corrected chi connectivity index (χ4v) is 3.78. The molecule has 0 spiro atoms.